The van der Waals surface area contributed by atoms with E-state index in [-0.39, 0.29) is 11.5 Å². The maximum atomic E-state index is 9.99. The fraction of sp³-hybridized carbons (Fsp3) is 0.636. The molecule has 1 N–H and O–H groups in total. The Hall–Kier alpha value is -0.650. The largest absolute Gasteiger partial charge is 0.393 e. The Morgan fingerprint density at radius 1 is 1.17 bits per heavy atom. The number of hydrogen-bond donors (Lipinski definition) is 1. The Labute approximate surface area is 150 Å². The van der Waals surface area contributed by atoms with Gasteiger partial charge in [0, 0.05) is 5.92 Å². The van der Waals surface area contributed by atoms with Gasteiger partial charge in [0.2, 0.25) is 0 Å². The van der Waals surface area contributed by atoms with Gasteiger partial charge < -0.3 is 5.11 Å². The van der Waals surface area contributed by atoms with Crippen molar-refractivity contribution in [2.24, 2.45) is 16.7 Å². The lowest BCUT2D eigenvalue weighted by Gasteiger charge is -2.36. The van der Waals surface area contributed by atoms with E-state index in [4.69, 9.17) is 0 Å². The average Bonchev–Trinajstić information content (AvgIpc) is 2.42. The van der Waals surface area contributed by atoms with Crippen LogP contribution in [0.4, 0.5) is 0 Å². The third-order valence-electron chi connectivity index (χ3n) is 5.80. The van der Waals surface area contributed by atoms with Crippen LogP contribution in [0, 0.1) is 16.7 Å². The number of hydrogen-bond acceptors (Lipinski definition) is 1. The summed E-state index contributed by atoms with van der Waals surface area (Å²) < 4.78 is 0. The van der Waals surface area contributed by atoms with E-state index in [1.807, 2.05) is 0 Å². The molecule has 0 aromatic carbocycles. The molecule has 0 saturated heterocycles. The molecule has 0 spiro atoms. The molecule has 2 aliphatic rings. The zero-order valence-electron chi connectivity index (χ0n) is 16.3. The molecule has 2 aliphatic carbocycles. The van der Waals surface area contributed by atoms with E-state index in [1.54, 1.807) is 0 Å². The molecule has 24 heavy (non-hydrogen) atoms. The van der Waals surface area contributed by atoms with Gasteiger partial charge in [0.25, 0.3) is 0 Å². The molecule has 0 bridgehead atoms. The van der Waals surface area contributed by atoms with Crippen molar-refractivity contribution in [3.8, 4) is 0 Å². The molecule has 134 valence electrons. The first-order chi connectivity index (χ1) is 11.1. The minimum absolute atomic E-state index is 0.0805. The van der Waals surface area contributed by atoms with E-state index in [2.05, 4.69) is 71.4 Å². The SMILES string of the molecule is CC1=CCCC(C)(C)C1/C=C/P/C=C/C1=C(C)CC(O)CC1(C)C. The van der Waals surface area contributed by atoms with E-state index in [0.717, 1.165) is 21.4 Å². The standard InChI is InChI=1S/C22H35OP/c1-16-8-7-11-21(3,4)19(16)9-12-24-13-10-20-17(2)14-18(23)15-22(20,5)6/h8-10,12-13,18-19,23-24H,7,11,14-15H2,1-6H3/b12-9+,13-10+. The molecular formula is C22H35OP. The first-order valence-electron chi connectivity index (χ1n) is 9.28. The molecular weight excluding hydrogens is 311 g/mol. The van der Waals surface area contributed by atoms with Crippen LogP contribution in [0.1, 0.15) is 67.2 Å². The van der Waals surface area contributed by atoms with Gasteiger partial charge >= 0.3 is 0 Å². The Balaban J connectivity index is 2.01. The smallest absolute Gasteiger partial charge is 0.0585 e. The van der Waals surface area contributed by atoms with Crippen molar-refractivity contribution in [1.82, 2.24) is 0 Å². The molecule has 0 fully saturated rings. The molecule has 2 heteroatoms. The van der Waals surface area contributed by atoms with Crippen LogP contribution >= 0.6 is 8.58 Å². The van der Waals surface area contributed by atoms with Crippen molar-refractivity contribution in [3.05, 3.63) is 46.6 Å². The summed E-state index contributed by atoms with van der Waals surface area (Å²) >= 11 is 0. The summed E-state index contributed by atoms with van der Waals surface area (Å²) in [7, 11) is 0.721. The van der Waals surface area contributed by atoms with Gasteiger partial charge in [0.05, 0.1) is 6.10 Å². The maximum absolute atomic E-state index is 9.99. The maximum Gasteiger partial charge on any atom is 0.0585 e. The summed E-state index contributed by atoms with van der Waals surface area (Å²) in [4.78, 5) is 0. The third-order valence-corrected chi connectivity index (χ3v) is 6.54. The molecule has 3 unspecified atom stereocenters. The molecule has 2 rings (SSSR count). The topological polar surface area (TPSA) is 20.2 Å². The molecule has 0 aromatic rings. The Morgan fingerprint density at radius 2 is 1.88 bits per heavy atom. The first kappa shape index (κ1) is 19.7. The third kappa shape index (κ3) is 4.70. The Kier molecular flexibility index (Phi) is 6.32. The lowest BCUT2D eigenvalue weighted by molar-refractivity contribution is 0.116. The highest BCUT2D eigenvalue weighted by molar-refractivity contribution is 7.45. The highest BCUT2D eigenvalue weighted by atomic mass is 31.1. The minimum Gasteiger partial charge on any atom is -0.393 e. The summed E-state index contributed by atoms with van der Waals surface area (Å²) in [6.07, 6.45) is 11.1. The van der Waals surface area contributed by atoms with Crippen molar-refractivity contribution >= 4 is 8.58 Å². The average molecular weight is 346 g/mol. The van der Waals surface area contributed by atoms with Crippen LogP contribution in [-0.2, 0) is 0 Å². The van der Waals surface area contributed by atoms with Gasteiger partial charge in [-0.15, -0.1) is 0 Å². The van der Waals surface area contributed by atoms with Crippen LogP contribution in [0.5, 0.6) is 0 Å². The van der Waals surface area contributed by atoms with Crippen molar-refractivity contribution in [3.63, 3.8) is 0 Å². The Bertz CT molecular complexity index is 575. The van der Waals surface area contributed by atoms with Crippen LogP contribution in [0.15, 0.2) is 46.6 Å². The van der Waals surface area contributed by atoms with E-state index in [0.29, 0.717) is 11.3 Å². The molecule has 0 saturated carbocycles. The summed E-state index contributed by atoms with van der Waals surface area (Å²) in [5.41, 5.74) is 4.75. The molecule has 1 nitrogen and oxygen atoms in total. The van der Waals surface area contributed by atoms with Gasteiger partial charge in [-0.3, -0.25) is 0 Å². The monoisotopic (exact) mass is 346 g/mol. The van der Waals surface area contributed by atoms with Gasteiger partial charge in [-0.1, -0.05) is 77.3 Å². The highest BCUT2D eigenvalue weighted by Crippen LogP contribution is 2.43. The number of aliphatic hydroxyl groups excluding tert-OH is 1. The second-order valence-corrected chi connectivity index (χ2v) is 9.95. The summed E-state index contributed by atoms with van der Waals surface area (Å²) in [6.45, 7) is 13.7. The zero-order valence-corrected chi connectivity index (χ0v) is 17.3. The van der Waals surface area contributed by atoms with E-state index >= 15 is 0 Å². The van der Waals surface area contributed by atoms with E-state index < -0.39 is 0 Å². The van der Waals surface area contributed by atoms with Crippen LogP contribution < -0.4 is 0 Å². The minimum atomic E-state index is -0.178. The number of allylic oxidation sites excluding steroid dienone is 5. The quantitative estimate of drug-likeness (QED) is 0.451. The van der Waals surface area contributed by atoms with Crippen LogP contribution in [0.25, 0.3) is 0 Å². The zero-order chi connectivity index (χ0) is 18.0. The second-order valence-electron chi connectivity index (χ2n) is 8.95. The summed E-state index contributed by atoms with van der Waals surface area (Å²) in [5.74, 6) is 5.24. The Morgan fingerprint density at radius 3 is 2.50 bits per heavy atom. The molecule has 0 radical (unpaired) electrons. The molecule has 3 atom stereocenters. The van der Waals surface area contributed by atoms with Crippen molar-refractivity contribution < 1.29 is 5.11 Å². The van der Waals surface area contributed by atoms with Gasteiger partial charge in [-0.25, -0.2) is 0 Å². The molecule has 0 aromatic heterocycles. The fourth-order valence-corrected chi connectivity index (χ4v) is 5.18. The van der Waals surface area contributed by atoms with Crippen molar-refractivity contribution in [2.45, 2.75) is 73.3 Å². The molecule has 0 aliphatic heterocycles. The van der Waals surface area contributed by atoms with Gasteiger partial charge in [-0.05, 0) is 55.9 Å². The van der Waals surface area contributed by atoms with Crippen LogP contribution in [-0.4, -0.2) is 11.2 Å². The highest BCUT2D eigenvalue weighted by Gasteiger charge is 2.32. The number of rotatable bonds is 4. The summed E-state index contributed by atoms with van der Waals surface area (Å²) in [6, 6.07) is 0. The van der Waals surface area contributed by atoms with E-state index in [9.17, 15) is 5.11 Å². The normalized spacial score (nSPS) is 30.7. The fourth-order valence-electron chi connectivity index (χ4n) is 4.50. The van der Waals surface area contributed by atoms with Crippen molar-refractivity contribution in [2.75, 3.05) is 0 Å². The molecule has 0 amide bonds. The molecule has 0 heterocycles. The van der Waals surface area contributed by atoms with E-state index in [1.165, 1.54) is 29.6 Å². The summed E-state index contributed by atoms with van der Waals surface area (Å²) in [5, 5.41) is 9.99. The number of aliphatic hydroxyl groups is 1. The van der Waals surface area contributed by atoms with Gasteiger partial charge in [0.1, 0.15) is 0 Å². The lowest BCUT2D eigenvalue weighted by atomic mass is 9.69. The first-order valence-corrected chi connectivity index (χ1v) is 10.4. The predicted octanol–water partition coefficient (Wildman–Crippen LogP) is 6.57. The lowest BCUT2D eigenvalue weighted by Crippen LogP contribution is -2.28. The van der Waals surface area contributed by atoms with Crippen molar-refractivity contribution in [1.29, 1.82) is 0 Å². The van der Waals surface area contributed by atoms with Gasteiger partial charge in [0.15, 0.2) is 0 Å². The van der Waals surface area contributed by atoms with Crippen LogP contribution in [0.2, 0.25) is 0 Å². The second kappa shape index (κ2) is 7.71. The van der Waals surface area contributed by atoms with Crippen LogP contribution in [0.3, 0.4) is 0 Å². The van der Waals surface area contributed by atoms with Gasteiger partial charge in [-0.2, -0.15) is 0 Å². The predicted molar refractivity (Wildman–Crippen MR) is 109 cm³/mol.